The lowest BCUT2D eigenvalue weighted by Crippen LogP contribution is -2.48. The van der Waals surface area contributed by atoms with Gasteiger partial charge in [0.25, 0.3) is 5.91 Å². The maximum Gasteiger partial charge on any atom is 0.342 e. The quantitative estimate of drug-likeness (QED) is 0.354. The van der Waals surface area contributed by atoms with Crippen LogP contribution < -0.4 is 10.1 Å². The number of nitrogens with one attached hydrogen (secondary N) is 1. The second-order valence-electron chi connectivity index (χ2n) is 8.90. The molecule has 0 aromatic heterocycles. The van der Waals surface area contributed by atoms with Crippen LogP contribution in [0.25, 0.3) is 10.8 Å². The third kappa shape index (κ3) is 6.10. The van der Waals surface area contributed by atoms with Crippen molar-refractivity contribution in [2.24, 2.45) is 0 Å². The van der Waals surface area contributed by atoms with Crippen LogP contribution in [-0.4, -0.2) is 70.2 Å². The van der Waals surface area contributed by atoms with Gasteiger partial charge in [-0.3, -0.25) is 4.79 Å². The van der Waals surface area contributed by atoms with E-state index in [9.17, 15) is 18.0 Å². The summed E-state index contributed by atoms with van der Waals surface area (Å²) in [7, 11) is -2.30. The molecule has 1 aliphatic heterocycles. The van der Waals surface area contributed by atoms with E-state index in [1.165, 1.54) is 35.7 Å². The summed E-state index contributed by atoms with van der Waals surface area (Å²) in [4.78, 5) is 25.3. The molecule has 9 nitrogen and oxygen atoms in total. The second kappa shape index (κ2) is 11.3. The molecule has 0 radical (unpaired) electrons. The number of hydrogen-bond donors (Lipinski definition) is 1. The molecular formula is C27H30N2O7S. The number of carbonyl (C=O) groups is 2. The largest absolute Gasteiger partial charge is 0.496 e. The van der Waals surface area contributed by atoms with Gasteiger partial charge in [-0.2, -0.15) is 4.31 Å². The van der Waals surface area contributed by atoms with Crippen LogP contribution in [0.3, 0.4) is 0 Å². The second-order valence-corrected chi connectivity index (χ2v) is 10.8. The number of nitrogens with zero attached hydrogens (tertiary/aromatic N) is 1. The lowest BCUT2D eigenvalue weighted by atomic mass is 10.1. The number of esters is 1. The van der Waals surface area contributed by atoms with Gasteiger partial charge in [0.05, 0.1) is 30.8 Å². The average Bonchev–Trinajstić information content (AvgIpc) is 2.89. The van der Waals surface area contributed by atoms with E-state index in [2.05, 4.69) is 5.32 Å². The van der Waals surface area contributed by atoms with E-state index in [4.69, 9.17) is 14.2 Å². The fourth-order valence-corrected chi connectivity index (χ4v) is 5.95. The van der Waals surface area contributed by atoms with Crippen molar-refractivity contribution in [2.45, 2.75) is 31.0 Å². The molecule has 4 rings (SSSR count). The van der Waals surface area contributed by atoms with Crippen LogP contribution in [0.15, 0.2) is 65.6 Å². The van der Waals surface area contributed by atoms with Crippen molar-refractivity contribution < 1.29 is 32.2 Å². The first-order chi connectivity index (χ1) is 17.7. The fraction of sp³-hybridized carbons (Fsp3) is 0.333. The van der Waals surface area contributed by atoms with Crippen molar-refractivity contribution in [1.29, 1.82) is 0 Å². The van der Waals surface area contributed by atoms with Gasteiger partial charge in [-0.05, 0) is 55.0 Å². The molecule has 3 aromatic carbocycles. The Morgan fingerprint density at radius 2 is 1.68 bits per heavy atom. The number of morpholine rings is 1. The number of rotatable bonds is 8. The summed E-state index contributed by atoms with van der Waals surface area (Å²) in [6.45, 7) is 4.13. The van der Waals surface area contributed by atoms with Crippen molar-refractivity contribution in [3.8, 4) is 5.75 Å². The molecule has 37 heavy (non-hydrogen) atoms. The minimum Gasteiger partial charge on any atom is -0.496 e. The van der Waals surface area contributed by atoms with Crippen LogP contribution in [0.4, 0.5) is 0 Å². The van der Waals surface area contributed by atoms with Crippen LogP contribution in [0.1, 0.15) is 34.6 Å². The van der Waals surface area contributed by atoms with Gasteiger partial charge in [0.1, 0.15) is 17.9 Å². The normalized spacial score (nSPS) is 18.4. The van der Waals surface area contributed by atoms with Gasteiger partial charge in [0.15, 0.2) is 0 Å². The molecule has 0 spiro atoms. The summed E-state index contributed by atoms with van der Waals surface area (Å²) in [5.74, 6) is -0.645. The average molecular weight is 527 g/mol. The van der Waals surface area contributed by atoms with Gasteiger partial charge < -0.3 is 19.5 Å². The SMILES string of the molecule is COc1cc2ccccc2cc1C(=O)OCCNC(=O)c1cccc(S(=O)(=O)N2CC(C)OC(C)C2)c1. The molecule has 196 valence electrons. The summed E-state index contributed by atoms with van der Waals surface area (Å²) in [5.41, 5.74) is 0.482. The Balaban J connectivity index is 1.36. The number of fused-ring (bicyclic) bond motifs is 1. The first kappa shape index (κ1) is 26.6. The van der Waals surface area contributed by atoms with E-state index >= 15 is 0 Å². The first-order valence-corrected chi connectivity index (χ1v) is 13.4. The predicted molar refractivity (Wildman–Crippen MR) is 138 cm³/mol. The van der Waals surface area contributed by atoms with Crippen molar-refractivity contribution in [3.05, 3.63) is 71.8 Å². The lowest BCUT2D eigenvalue weighted by Gasteiger charge is -2.34. The number of carbonyl (C=O) groups excluding carboxylic acids is 2. The van der Waals surface area contributed by atoms with Crippen LogP contribution in [0.2, 0.25) is 0 Å². The van der Waals surface area contributed by atoms with Crippen molar-refractivity contribution in [2.75, 3.05) is 33.4 Å². The molecule has 0 saturated carbocycles. The molecule has 1 heterocycles. The van der Waals surface area contributed by atoms with Gasteiger partial charge in [-0.25, -0.2) is 13.2 Å². The summed E-state index contributed by atoms with van der Waals surface area (Å²) < 4.78 is 43.9. The Morgan fingerprint density at radius 3 is 2.35 bits per heavy atom. The number of sulfonamides is 1. The molecule has 0 bridgehead atoms. The fourth-order valence-electron chi connectivity index (χ4n) is 4.31. The molecule has 2 unspecified atom stereocenters. The highest BCUT2D eigenvalue weighted by Gasteiger charge is 2.32. The number of ether oxygens (including phenoxy) is 3. The number of methoxy groups -OCH3 is 1. The Kier molecular flexibility index (Phi) is 8.11. The van der Waals surface area contributed by atoms with Gasteiger partial charge in [-0.15, -0.1) is 0 Å². The first-order valence-electron chi connectivity index (χ1n) is 12.0. The monoisotopic (exact) mass is 526 g/mol. The Bertz CT molecular complexity index is 1400. The van der Waals surface area contributed by atoms with Crippen LogP contribution in [0, 0.1) is 0 Å². The van der Waals surface area contributed by atoms with E-state index in [-0.39, 0.29) is 54.5 Å². The van der Waals surface area contributed by atoms with Gasteiger partial charge >= 0.3 is 5.97 Å². The van der Waals surface area contributed by atoms with E-state index < -0.39 is 21.9 Å². The van der Waals surface area contributed by atoms with E-state index in [1.54, 1.807) is 12.1 Å². The summed E-state index contributed by atoms with van der Waals surface area (Å²) in [6.07, 6.45) is -0.440. The lowest BCUT2D eigenvalue weighted by molar-refractivity contribution is -0.0440. The summed E-state index contributed by atoms with van der Waals surface area (Å²) in [6, 6.07) is 16.9. The summed E-state index contributed by atoms with van der Waals surface area (Å²) in [5, 5.41) is 4.47. The molecule has 3 aromatic rings. The van der Waals surface area contributed by atoms with Crippen LogP contribution in [-0.2, 0) is 19.5 Å². The highest BCUT2D eigenvalue weighted by molar-refractivity contribution is 7.89. The molecule has 2 atom stereocenters. The maximum absolute atomic E-state index is 13.1. The number of hydrogen-bond acceptors (Lipinski definition) is 7. The minimum absolute atomic E-state index is 0.0382. The van der Waals surface area contributed by atoms with Crippen molar-refractivity contribution in [1.82, 2.24) is 9.62 Å². The highest BCUT2D eigenvalue weighted by atomic mass is 32.2. The predicted octanol–water partition coefficient (Wildman–Crippen LogP) is 3.23. The smallest absolute Gasteiger partial charge is 0.342 e. The zero-order chi connectivity index (χ0) is 26.6. The Labute approximate surface area is 216 Å². The molecule has 1 fully saturated rings. The third-order valence-electron chi connectivity index (χ3n) is 6.03. The maximum atomic E-state index is 13.1. The molecular weight excluding hydrogens is 496 g/mol. The summed E-state index contributed by atoms with van der Waals surface area (Å²) >= 11 is 0. The molecule has 10 heteroatoms. The van der Waals surface area contributed by atoms with Crippen molar-refractivity contribution in [3.63, 3.8) is 0 Å². The zero-order valence-electron chi connectivity index (χ0n) is 21.0. The van der Waals surface area contributed by atoms with Crippen LogP contribution >= 0.6 is 0 Å². The van der Waals surface area contributed by atoms with E-state index in [1.807, 2.05) is 38.1 Å². The molecule has 1 N–H and O–H groups in total. The molecule has 1 amide bonds. The highest BCUT2D eigenvalue weighted by Crippen LogP contribution is 2.26. The topological polar surface area (TPSA) is 111 Å². The third-order valence-corrected chi connectivity index (χ3v) is 7.86. The standard InChI is InChI=1S/C27H30N2O7S/c1-18-16-29(17-19(2)36-18)37(32,33)23-10-6-9-22(13-23)26(30)28-11-12-35-27(31)24-14-20-7-4-5-8-21(20)15-25(24)34-3/h4-10,13-15,18-19H,11-12,16-17H2,1-3H3,(H,28,30). The van der Waals surface area contributed by atoms with E-state index in [0.717, 1.165) is 10.8 Å². The van der Waals surface area contributed by atoms with Gasteiger partial charge in [-0.1, -0.05) is 30.3 Å². The van der Waals surface area contributed by atoms with E-state index in [0.29, 0.717) is 5.75 Å². The Hall–Kier alpha value is -3.47. The van der Waals surface area contributed by atoms with Crippen molar-refractivity contribution >= 4 is 32.7 Å². The van der Waals surface area contributed by atoms with Gasteiger partial charge in [0, 0.05) is 18.7 Å². The van der Waals surface area contributed by atoms with Gasteiger partial charge in [0.2, 0.25) is 10.0 Å². The number of amides is 1. The molecule has 1 aliphatic rings. The zero-order valence-corrected chi connectivity index (χ0v) is 21.8. The molecule has 0 aliphatic carbocycles. The van der Waals surface area contributed by atoms with Crippen LogP contribution in [0.5, 0.6) is 5.75 Å². The molecule has 1 saturated heterocycles. The Morgan fingerprint density at radius 1 is 1.00 bits per heavy atom. The number of benzene rings is 3. The minimum atomic E-state index is -3.78.